The standard InChI is InChI=1S/C17H16BrN5O2/c1-10(2)21-14(24)9-23-16(11-4-3-5-19-7-11)22-15-13(17(23)25)6-12(18)8-20-15/h3-8,10H,9H2,1-2H3,(H,21,24). The van der Waals surface area contributed by atoms with E-state index >= 15 is 0 Å². The van der Waals surface area contributed by atoms with Gasteiger partial charge in [-0.05, 0) is 48.0 Å². The average Bonchev–Trinajstić information content (AvgIpc) is 2.58. The van der Waals surface area contributed by atoms with Crippen molar-refractivity contribution in [3.05, 3.63) is 51.6 Å². The minimum absolute atomic E-state index is 0.0192. The Balaban J connectivity index is 2.21. The third-order valence-electron chi connectivity index (χ3n) is 3.45. The summed E-state index contributed by atoms with van der Waals surface area (Å²) in [5, 5.41) is 3.14. The number of hydrogen-bond acceptors (Lipinski definition) is 5. The van der Waals surface area contributed by atoms with Crippen molar-refractivity contribution in [3.8, 4) is 11.4 Å². The second-order valence-corrected chi connectivity index (χ2v) is 6.73. The molecule has 0 atom stereocenters. The van der Waals surface area contributed by atoms with Crippen molar-refractivity contribution in [2.45, 2.75) is 26.4 Å². The van der Waals surface area contributed by atoms with Crippen LogP contribution in [0.15, 0.2) is 46.1 Å². The minimum atomic E-state index is -0.323. The molecule has 0 aliphatic heterocycles. The lowest BCUT2D eigenvalue weighted by molar-refractivity contribution is -0.122. The van der Waals surface area contributed by atoms with Gasteiger partial charge in [-0.15, -0.1) is 0 Å². The third kappa shape index (κ3) is 3.74. The Kier molecular flexibility index (Phi) is 4.89. The first-order valence-electron chi connectivity index (χ1n) is 7.71. The molecule has 0 bridgehead atoms. The molecule has 1 amide bonds. The van der Waals surface area contributed by atoms with Crippen LogP contribution in [0.25, 0.3) is 22.4 Å². The van der Waals surface area contributed by atoms with E-state index in [1.165, 1.54) is 4.57 Å². The van der Waals surface area contributed by atoms with Gasteiger partial charge < -0.3 is 5.32 Å². The number of aromatic nitrogens is 4. The molecule has 0 aliphatic carbocycles. The van der Waals surface area contributed by atoms with Gasteiger partial charge in [0, 0.05) is 34.7 Å². The van der Waals surface area contributed by atoms with Crippen molar-refractivity contribution in [3.63, 3.8) is 0 Å². The van der Waals surface area contributed by atoms with Crippen LogP contribution in [0.2, 0.25) is 0 Å². The topological polar surface area (TPSA) is 89.8 Å². The molecular weight excluding hydrogens is 386 g/mol. The number of hydrogen-bond donors (Lipinski definition) is 1. The maximum Gasteiger partial charge on any atom is 0.263 e. The number of halogens is 1. The lowest BCUT2D eigenvalue weighted by atomic mass is 10.2. The highest BCUT2D eigenvalue weighted by Crippen LogP contribution is 2.19. The normalized spacial score (nSPS) is 11.0. The molecule has 0 aliphatic rings. The molecule has 0 saturated carbocycles. The Morgan fingerprint density at radius 1 is 1.36 bits per heavy atom. The highest BCUT2D eigenvalue weighted by molar-refractivity contribution is 9.10. The zero-order valence-corrected chi connectivity index (χ0v) is 15.3. The van der Waals surface area contributed by atoms with Crippen LogP contribution in [0, 0.1) is 0 Å². The second kappa shape index (κ2) is 7.10. The van der Waals surface area contributed by atoms with E-state index in [0.29, 0.717) is 26.9 Å². The van der Waals surface area contributed by atoms with Gasteiger partial charge in [-0.2, -0.15) is 0 Å². The van der Waals surface area contributed by atoms with Gasteiger partial charge in [0.25, 0.3) is 5.56 Å². The van der Waals surface area contributed by atoms with Crippen molar-refractivity contribution >= 4 is 32.9 Å². The molecule has 8 heteroatoms. The number of carbonyl (C=O) groups is 1. The summed E-state index contributed by atoms with van der Waals surface area (Å²) in [7, 11) is 0. The summed E-state index contributed by atoms with van der Waals surface area (Å²) < 4.78 is 2.02. The molecular formula is C17H16BrN5O2. The number of carbonyl (C=O) groups excluding carboxylic acids is 1. The molecule has 0 radical (unpaired) electrons. The van der Waals surface area contributed by atoms with Crippen LogP contribution in [-0.2, 0) is 11.3 Å². The third-order valence-corrected chi connectivity index (χ3v) is 3.88. The van der Waals surface area contributed by atoms with Crippen molar-refractivity contribution in [2.75, 3.05) is 0 Å². The molecule has 7 nitrogen and oxygen atoms in total. The highest BCUT2D eigenvalue weighted by atomic mass is 79.9. The molecule has 0 spiro atoms. The first-order valence-corrected chi connectivity index (χ1v) is 8.51. The highest BCUT2D eigenvalue weighted by Gasteiger charge is 2.17. The van der Waals surface area contributed by atoms with Gasteiger partial charge in [-0.3, -0.25) is 19.1 Å². The number of fused-ring (bicyclic) bond motifs is 1. The van der Waals surface area contributed by atoms with Gasteiger partial charge in [0.15, 0.2) is 5.65 Å². The number of nitrogens with zero attached hydrogens (tertiary/aromatic N) is 4. The van der Waals surface area contributed by atoms with Gasteiger partial charge in [-0.1, -0.05) is 0 Å². The fraction of sp³-hybridized carbons (Fsp3) is 0.235. The smallest absolute Gasteiger partial charge is 0.263 e. The van der Waals surface area contributed by atoms with E-state index in [9.17, 15) is 9.59 Å². The van der Waals surface area contributed by atoms with Crippen LogP contribution in [-0.4, -0.2) is 31.5 Å². The van der Waals surface area contributed by atoms with Crippen LogP contribution >= 0.6 is 15.9 Å². The summed E-state index contributed by atoms with van der Waals surface area (Å²) in [6.45, 7) is 3.60. The molecule has 3 heterocycles. The van der Waals surface area contributed by atoms with Gasteiger partial charge in [0.2, 0.25) is 5.91 Å². The fourth-order valence-electron chi connectivity index (χ4n) is 2.45. The molecule has 0 aromatic carbocycles. The zero-order chi connectivity index (χ0) is 18.0. The second-order valence-electron chi connectivity index (χ2n) is 5.82. The average molecular weight is 402 g/mol. The van der Waals surface area contributed by atoms with Crippen molar-refractivity contribution in [1.82, 2.24) is 24.8 Å². The SMILES string of the molecule is CC(C)NC(=O)Cn1c(-c2cccnc2)nc2ncc(Br)cc2c1=O. The van der Waals surface area contributed by atoms with Crippen LogP contribution < -0.4 is 10.9 Å². The van der Waals surface area contributed by atoms with Crippen molar-refractivity contribution < 1.29 is 4.79 Å². The monoisotopic (exact) mass is 401 g/mol. The Morgan fingerprint density at radius 2 is 2.16 bits per heavy atom. The Hall–Kier alpha value is -2.61. The van der Waals surface area contributed by atoms with Gasteiger partial charge in [-0.25, -0.2) is 9.97 Å². The van der Waals surface area contributed by atoms with E-state index in [1.807, 2.05) is 13.8 Å². The van der Waals surface area contributed by atoms with Gasteiger partial charge in [0.05, 0.1) is 5.39 Å². The van der Waals surface area contributed by atoms with E-state index in [-0.39, 0.29) is 24.1 Å². The number of pyridine rings is 2. The largest absolute Gasteiger partial charge is 0.352 e. The van der Waals surface area contributed by atoms with E-state index in [0.717, 1.165) is 0 Å². The van der Waals surface area contributed by atoms with Crippen LogP contribution in [0.1, 0.15) is 13.8 Å². The summed E-state index contributed by atoms with van der Waals surface area (Å²) in [6.07, 6.45) is 4.81. The molecule has 0 fully saturated rings. The number of rotatable bonds is 4. The Morgan fingerprint density at radius 3 is 2.84 bits per heavy atom. The summed E-state index contributed by atoms with van der Waals surface area (Å²) >= 11 is 3.31. The number of amides is 1. The maximum atomic E-state index is 13.0. The molecule has 3 aromatic heterocycles. The predicted octanol–water partition coefficient (Wildman–Crippen LogP) is 2.14. The molecule has 0 unspecified atom stereocenters. The van der Waals surface area contributed by atoms with E-state index in [4.69, 9.17) is 0 Å². The summed E-state index contributed by atoms with van der Waals surface area (Å²) in [4.78, 5) is 37.9. The quantitative estimate of drug-likeness (QED) is 0.722. The molecule has 25 heavy (non-hydrogen) atoms. The molecule has 1 N–H and O–H groups in total. The molecule has 3 rings (SSSR count). The van der Waals surface area contributed by atoms with Crippen molar-refractivity contribution in [2.24, 2.45) is 0 Å². The lowest BCUT2D eigenvalue weighted by Gasteiger charge is -2.14. The van der Waals surface area contributed by atoms with Crippen molar-refractivity contribution in [1.29, 1.82) is 0 Å². The maximum absolute atomic E-state index is 13.0. The van der Waals surface area contributed by atoms with Gasteiger partial charge >= 0.3 is 0 Å². The molecule has 128 valence electrons. The first kappa shape index (κ1) is 17.2. The van der Waals surface area contributed by atoms with E-state index in [2.05, 4.69) is 36.2 Å². The first-order chi connectivity index (χ1) is 12.0. The zero-order valence-electron chi connectivity index (χ0n) is 13.7. The molecule has 0 saturated heterocycles. The Bertz CT molecular complexity index is 985. The summed E-state index contributed by atoms with van der Waals surface area (Å²) in [6, 6.07) is 5.17. The van der Waals surface area contributed by atoms with Crippen LogP contribution in [0.5, 0.6) is 0 Å². The lowest BCUT2D eigenvalue weighted by Crippen LogP contribution is -2.37. The minimum Gasteiger partial charge on any atom is -0.352 e. The van der Waals surface area contributed by atoms with Crippen LogP contribution in [0.3, 0.4) is 0 Å². The van der Waals surface area contributed by atoms with E-state index in [1.54, 1.807) is 36.8 Å². The molecule has 3 aromatic rings. The van der Waals surface area contributed by atoms with Gasteiger partial charge in [0.1, 0.15) is 12.4 Å². The number of nitrogens with one attached hydrogen (secondary N) is 1. The summed E-state index contributed by atoms with van der Waals surface area (Å²) in [5.41, 5.74) is 0.646. The van der Waals surface area contributed by atoms with E-state index < -0.39 is 0 Å². The fourth-order valence-corrected chi connectivity index (χ4v) is 2.79. The predicted molar refractivity (Wildman–Crippen MR) is 98.0 cm³/mol. The van der Waals surface area contributed by atoms with Crippen LogP contribution in [0.4, 0.5) is 0 Å². The summed E-state index contributed by atoms with van der Waals surface area (Å²) in [5.74, 6) is 0.102. The Labute approximate surface area is 152 Å².